The molecule has 1 spiro atoms. The van der Waals surface area contributed by atoms with Crippen molar-refractivity contribution in [2.45, 2.75) is 44.3 Å². The Morgan fingerprint density at radius 1 is 1.06 bits per heavy atom. The monoisotopic (exact) mass is 437 g/mol. The molecule has 0 saturated carbocycles. The van der Waals surface area contributed by atoms with Gasteiger partial charge in [0.2, 0.25) is 17.7 Å². The first-order chi connectivity index (χ1) is 15.0. The van der Waals surface area contributed by atoms with Gasteiger partial charge in [0.05, 0.1) is 11.8 Å². The van der Waals surface area contributed by atoms with Gasteiger partial charge in [-0.2, -0.15) is 0 Å². The number of rotatable bonds is 2. The van der Waals surface area contributed by atoms with E-state index in [-0.39, 0.29) is 11.7 Å². The van der Waals surface area contributed by atoms with E-state index in [1.807, 2.05) is 0 Å². The van der Waals surface area contributed by atoms with E-state index in [1.54, 1.807) is 45.0 Å². The Bertz CT molecular complexity index is 1160. The predicted octanol–water partition coefficient (Wildman–Crippen LogP) is 2.29. The minimum atomic E-state index is -1.53. The number of anilines is 1. The minimum Gasteiger partial charge on any atom is -0.508 e. The SMILES string of the molecule is CC(C)(C)N1C(=O)[C@@H]2[C@H](Cc3ccc(O)cc3)N[C@]3(C(=O)Nc4ccc(F)cc43)[C@H]2C1=O. The second kappa shape index (κ2) is 6.62. The van der Waals surface area contributed by atoms with Gasteiger partial charge in [0, 0.05) is 22.8 Å². The molecule has 0 radical (unpaired) electrons. The lowest BCUT2D eigenvalue weighted by Gasteiger charge is -2.34. The summed E-state index contributed by atoms with van der Waals surface area (Å²) in [4.78, 5) is 41.8. The number of phenolic OH excluding ortho intramolecular Hbond substituents is 1. The van der Waals surface area contributed by atoms with Crippen LogP contribution in [0.1, 0.15) is 31.9 Å². The minimum absolute atomic E-state index is 0.119. The van der Waals surface area contributed by atoms with Crippen LogP contribution in [0.15, 0.2) is 42.5 Å². The summed E-state index contributed by atoms with van der Waals surface area (Å²) in [6, 6.07) is 10.0. The molecule has 2 fully saturated rings. The molecule has 32 heavy (non-hydrogen) atoms. The number of amides is 3. The number of nitrogens with one attached hydrogen (secondary N) is 2. The van der Waals surface area contributed by atoms with E-state index in [4.69, 9.17) is 0 Å². The average molecular weight is 437 g/mol. The normalized spacial score (nSPS) is 28.9. The molecule has 5 rings (SSSR count). The van der Waals surface area contributed by atoms with Crippen LogP contribution >= 0.6 is 0 Å². The lowest BCUT2D eigenvalue weighted by Crippen LogP contribution is -2.56. The van der Waals surface area contributed by atoms with Gasteiger partial charge >= 0.3 is 0 Å². The van der Waals surface area contributed by atoms with Gasteiger partial charge in [-0.15, -0.1) is 0 Å². The van der Waals surface area contributed by atoms with Crippen LogP contribution < -0.4 is 10.6 Å². The lowest BCUT2D eigenvalue weighted by atomic mass is 9.76. The van der Waals surface area contributed by atoms with Crippen LogP contribution in [-0.4, -0.2) is 39.3 Å². The zero-order valence-corrected chi connectivity index (χ0v) is 18.0. The average Bonchev–Trinajstić information content (AvgIpc) is 3.28. The number of hydrogen-bond donors (Lipinski definition) is 3. The highest BCUT2D eigenvalue weighted by Crippen LogP contribution is 2.54. The fraction of sp³-hybridized carbons (Fsp3) is 0.375. The Balaban J connectivity index is 1.66. The molecule has 0 aliphatic carbocycles. The van der Waals surface area contributed by atoms with E-state index in [0.717, 1.165) is 5.56 Å². The Kier molecular flexibility index (Phi) is 4.27. The van der Waals surface area contributed by atoms with Crippen LogP contribution in [0.4, 0.5) is 10.1 Å². The van der Waals surface area contributed by atoms with E-state index in [2.05, 4.69) is 10.6 Å². The quantitative estimate of drug-likeness (QED) is 0.627. The van der Waals surface area contributed by atoms with Crippen molar-refractivity contribution in [3.8, 4) is 5.75 Å². The second-order valence-electron chi connectivity index (χ2n) is 9.76. The van der Waals surface area contributed by atoms with Crippen molar-refractivity contribution < 1.29 is 23.9 Å². The van der Waals surface area contributed by atoms with Gasteiger partial charge in [-0.3, -0.25) is 24.6 Å². The standard InChI is InChI=1S/C24H24FN3O4/c1-23(2,3)28-20(30)18-17(10-12-4-7-14(29)8-5-12)27-24(19(18)21(28)31)15-11-13(25)6-9-16(15)26-22(24)32/h4-9,11,17-19,27,29H,10H2,1-3H3,(H,26,32)/t17-,18+,19+,24-/m0/s1. The van der Waals surface area contributed by atoms with Gasteiger partial charge in [0.25, 0.3) is 0 Å². The topological polar surface area (TPSA) is 98.7 Å². The molecule has 7 nitrogen and oxygen atoms in total. The van der Waals surface area contributed by atoms with Crippen LogP contribution in [0.2, 0.25) is 0 Å². The van der Waals surface area contributed by atoms with E-state index in [0.29, 0.717) is 17.7 Å². The first kappa shape index (κ1) is 20.6. The van der Waals surface area contributed by atoms with Crippen LogP contribution in [-0.2, 0) is 26.3 Å². The molecule has 2 aromatic carbocycles. The Hall–Kier alpha value is -3.26. The van der Waals surface area contributed by atoms with Crippen LogP contribution in [0.3, 0.4) is 0 Å². The number of carbonyl (C=O) groups excluding carboxylic acids is 3. The summed E-state index contributed by atoms with van der Waals surface area (Å²) in [5.41, 5.74) is -0.674. The van der Waals surface area contributed by atoms with Crippen molar-refractivity contribution >= 4 is 23.4 Å². The number of phenols is 1. The molecule has 0 unspecified atom stereocenters. The van der Waals surface area contributed by atoms with Gasteiger partial charge in [0.15, 0.2) is 0 Å². The maximum absolute atomic E-state index is 14.2. The Labute approximate surface area is 184 Å². The smallest absolute Gasteiger partial charge is 0.250 e. The number of aromatic hydroxyl groups is 1. The molecule has 3 aliphatic heterocycles. The highest BCUT2D eigenvalue weighted by molar-refractivity contribution is 6.15. The molecule has 8 heteroatoms. The van der Waals surface area contributed by atoms with E-state index < -0.39 is 46.6 Å². The zero-order chi connectivity index (χ0) is 23.0. The molecular weight excluding hydrogens is 413 g/mol. The summed E-state index contributed by atoms with van der Waals surface area (Å²) in [5.74, 6) is -3.40. The molecule has 0 bridgehead atoms. The van der Waals surface area contributed by atoms with E-state index in [9.17, 15) is 23.9 Å². The number of hydrogen-bond acceptors (Lipinski definition) is 5. The van der Waals surface area contributed by atoms with E-state index in [1.165, 1.54) is 23.1 Å². The first-order valence-corrected chi connectivity index (χ1v) is 10.6. The molecule has 3 aliphatic rings. The summed E-state index contributed by atoms with van der Waals surface area (Å²) in [5, 5.41) is 15.7. The van der Waals surface area contributed by atoms with Crippen LogP contribution in [0, 0.1) is 17.7 Å². The number of benzene rings is 2. The molecular formula is C24H24FN3O4. The van der Waals surface area contributed by atoms with Crippen molar-refractivity contribution in [2.24, 2.45) is 11.8 Å². The van der Waals surface area contributed by atoms with Gasteiger partial charge < -0.3 is 10.4 Å². The predicted molar refractivity (Wildman–Crippen MR) is 114 cm³/mol. The molecule has 166 valence electrons. The van der Waals surface area contributed by atoms with Gasteiger partial charge in [-0.25, -0.2) is 4.39 Å². The van der Waals surface area contributed by atoms with Gasteiger partial charge in [-0.05, 0) is 63.1 Å². The number of imide groups is 1. The summed E-state index contributed by atoms with van der Waals surface area (Å²) >= 11 is 0. The maximum Gasteiger partial charge on any atom is 0.250 e. The summed E-state index contributed by atoms with van der Waals surface area (Å²) < 4.78 is 14.2. The number of nitrogens with zero attached hydrogens (tertiary/aromatic N) is 1. The fourth-order valence-corrected chi connectivity index (χ4v) is 5.50. The van der Waals surface area contributed by atoms with Gasteiger partial charge in [-0.1, -0.05) is 12.1 Å². The highest BCUT2D eigenvalue weighted by atomic mass is 19.1. The molecule has 3 amide bonds. The van der Waals surface area contributed by atoms with Crippen molar-refractivity contribution in [1.29, 1.82) is 0 Å². The van der Waals surface area contributed by atoms with E-state index >= 15 is 0 Å². The Morgan fingerprint density at radius 2 is 1.75 bits per heavy atom. The van der Waals surface area contributed by atoms with Crippen LogP contribution in [0.5, 0.6) is 5.75 Å². The second-order valence-corrected chi connectivity index (χ2v) is 9.76. The summed E-state index contributed by atoms with van der Waals surface area (Å²) in [6.45, 7) is 5.34. The molecule has 3 N–H and O–H groups in total. The first-order valence-electron chi connectivity index (χ1n) is 10.6. The number of likely N-dealkylation sites (tertiary alicyclic amines) is 1. The third-order valence-corrected chi connectivity index (χ3v) is 6.74. The summed E-state index contributed by atoms with van der Waals surface area (Å²) in [6.07, 6.45) is 0.359. The van der Waals surface area contributed by atoms with Crippen molar-refractivity contribution in [2.75, 3.05) is 5.32 Å². The number of halogens is 1. The molecule has 0 aromatic heterocycles. The van der Waals surface area contributed by atoms with Crippen LogP contribution in [0.25, 0.3) is 0 Å². The Morgan fingerprint density at radius 3 is 2.41 bits per heavy atom. The number of carbonyl (C=O) groups is 3. The third kappa shape index (κ3) is 2.72. The molecule has 2 aromatic rings. The van der Waals surface area contributed by atoms with Crippen molar-refractivity contribution in [3.05, 3.63) is 59.4 Å². The largest absolute Gasteiger partial charge is 0.508 e. The van der Waals surface area contributed by atoms with Gasteiger partial charge in [0.1, 0.15) is 17.1 Å². The lowest BCUT2D eigenvalue weighted by molar-refractivity contribution is -0.147. The molecule has 3 heterocycles. The third-order valence-electron chi connectivity index (χ3n) is 6.74. The maximum atomic E-state index is 14.2. The zero-order valence-electron chi connectivity index (χ0n) is 18.0. The summed E-state index contributed by atoms with van der Waals surface area (Å²) in [7, 11) is 0. The molecule has 4 atom stereocenters. The highest BCUT2D eigenvalue weighted by Gasteiger charge is 2.71. The fourth-order valence-electron chi connectivity index (χ4n) is 5.50. The number of fused-ring (bicyclic) bond motifs is 4. The molecule has 2 saturated heterocycles. The van der Waals surface area contributed by atoms with Crippen molar-refractivity contribution in [1.82, 2.24) is 10.2 Å². The van der Waals surface area contributed by atoms with Crippen molar-refractivity contribution in [3.63, 3.8) is 0 Å².